The third kappa shape index (κ3) is 2.83. The lowest BCUT2D eigenvalue weighted by molar-refractivity contribution is -0.384. The molecule has 1 amide bonds. The van der Waals surface area contributed by atoms with Crippen molar-refractivity contribution in [2.24, 2.45) is 0 Å². The molecule has 0 aromatic heterocycles. The van der Waals surface area contributed by atoms with Crippen molar-refractivity contribution in [2.45, 2.75) is 12.0 Å². The molecule has 8 heteroatoms. The summed E-state index contributed by atoms with van der Waals surface area (Å²) in [5.74, 6) is -1.17. The topological polar surface area (TPSA) is 101 Å². The van der Waals surface area contributed by atoms with E-state index in [-0.39, 0.29) is 11.3 Å². The van der Waals surface area contributed by atoms with Crippen LogP contribution in [0.15, 0.2) is 46.9 Å². The summed E-state index contributed by atoms with van der Waals surface area (Å²) in [4.78, 5) is 36.6. The van der Waals surface area contributed by atoms with Crippen molar-refractivity contribution >= 4 is 39.0 Å². The number of carbonyl (C=O) groups is 2. The van der Waals surface area contributed by atoms with Gasteiger partial charge in [-0.15, -0.1) is 0 Å². The number of nitro groups is 1. The molecule has 1 aliphatic rings. The Bertz CT molecular complexity index is 914. The van der Waals surface area contributed by atoms with Crippen molar-refractivity contribution in [1.82, 2.24) is 0 Å². The number of hydrogen-bond acceptors (Lipinski definition) is 5. The Labute approximate surface area is 151 Å². The third-order valence-corrected chi connectivity index (χ3v) is 4.71. The summed E-state index contributed by atoms with van der Waals surface area (Å²) in [5, 5.41) is 21.8. The normalized spacial score (nSPS) is 19.0. The number of halogens is 1. The van der Waals surface area contributed by atoms with Gasteiger partial charge in [-0.25, -0.2) is 0 Å². The Morgan fingerprint density at radius 1 is 1.32 bits per heavy atom. The second-order valence-electron chi connectivity index (χ2n) is 5.79. The first-order chi connectivity index (χ1) is 11.7. The van der Waals surface area contributed by atoms with Gasteiger partial charge in [0.1, 0.15) is 0 Å². The predicted molar refractivity (Wildman–Crippen MR) is 93.5 cm³/mol. The number of nitrogens with zero attached hydrogens (tertiary/aromatic N) is 2. The van der Waals surface area contributed by atoms with Crippen LogP contribution in [0.25, 0.3) is 0 Å². The molecule has 7 nitrogen and oxygen atoms in total. The van der Waals surface area contributed by atoms with Gasteiger partial charge in [-0.05, 0) is 18.2 Å². The van der Waals surface area contributed by atoms with E-state index in [1.165, 1.54) is 30.1 Å². The zero-order valence-electron chi connectivity index (χ0n) is 13.1. The number of aliphatic hydroxyl groups is 1. The van der Waals surface area contributed by atoms with E-state index in [9.17, 15) is 24.8 Å². The van der Waals surface area contributed by atoms with Gasteiger partial charge >= 0.3 is 0 Å². The number of likely N-dealkylation sites (N-methyl/N-ethyl adjacent to an activating group) is 1. The number of fused-ring (bicyclic) bond motifs is 1. The Morgan fingerprint density at radius 3 is 2.72 bits per heavy atom. The van der Waals surface area contributed by atoms with Crippen LogP contribution in [0.1, 0.15) is 22.3 Å². The van der Waals surface area contributed by atoms with E-state index in [1.54, 1.807) is 18.2 Å². The number of hydrogen-bond donors (Lipinski definition) is 1. The van der Waals surface area contributed by atoms with E-state index in [2.05, 4.69) is 15.9 Å². The van der Waals surface area contributed by atoms with Crippen LogP contribution in [0.4, 0.5) is 11.4 Å². The van der Waals surface area contributed by atoms with Crippen molar-refractivity contribution < 1.29 is 19.6 Å². The highest BCUT2D eigenvalue weighted by atomic mass is 79.9. The SMILES string of the molecule is CN1C(=O)[C@@](O)(CC(=O)c2cccc([N+](=O)[O-])c2)c2cc(Br)ccc21. The molecule has 0 bridgehead atoms. The largest absolute Gasteiger partial charge is 0.375 e. The zero-order chi connectivity index (χ0) is 18.4. The number of amides is 1. The first-order valence-corrected chi connectivity index (χ1v) is 8.11. The lowest BCUT2D eigenvalue weighted by Crippen LogP contribution is -2.40. The molecule has 2 aromatic carbocycles. The fourth-order valence-electron chi connectivity index (χ4n) is 2.93. The van der Waals surface area contributed by atoms with Gasteiger partial charge in [0.05, 0.1) is 17.0 Å². The van der Waals surface area contributed by atoms with Gasteiger partial charge in [-0.3, -0.25) is 19.7 Å². The molecule has 0 fully saturated rings. The second kappa shape index (κ2) is 6.05. The molecule has 3 rings (SSSR count). The Balaban J connectivity index is 1.98. The molecule has 0 spiro atoms. The number of benzene rings is 2. The summed E-state index contributed by atoms with van der Waals surface area (Å²) in [6, 6.07) is 10.2. The quantitative estimate of drug-likeness (QED) is 0.479. The molecule has 0 unspecified atom stereocenters. The fraction of sp³-hybridized carbons (Fsp3) is 0.176. The molecule has 1 atom stereocenters. The van der Waals surface area contributed by atoms with E-state index in [0.717, 1.165) is 6.07 Å². The highest BCUT2D eigenvalue weighted by molar-refractivity contribution is 9.10. The van der Waals surface area contributed by atoms with Gasteiger partial charge in [0.15, 0.2) is 11.4 Å². The van der Waals surface area contributed by atoms with Crippen molar-refractivity contribution in [3.63, 3.8) is 0 Å². The third-order valence-electron chi connectivity index (χ3n) is 4.22. The average molecular weight is 405 g/mol. The molecule has 1 N–H and O–H groups in total. The molecule has 0 saturated carbocycles. The van der Waals surface area contributed by atoms with Gasteiger partial charge in [0, 0.05) is 34.8 Å². The van der Waals surface area contributed by atoms with E-state index in [0.29, 0.717) is 15.7 Å². The first kappa shape index (κ1) is 17.2. The minimum Gasteiger partial charge on any atom is -0.375 e. The van der Waals surface area contributed by atoms with Crippen LogP contribution in [0.2, 0.25) is 0 Å². The number of ketones is 1. The molecular weight excluding hydrogens is 392 g/mol. The molecule has 1 heterocycles. The molecule has 0 aliphatic carbocycles. The highest BCUT2D eigenvalue weighted by Gasteiger charge is 2.49. The van der Waals surface area contributed by atoms with Gasteiger partial charge < -0.3 is 10.0 Å². The lowest BCUT2D eigenvalue weighted by Gasteiger charge is -2.21. The summed E-state index contributed by atoms with van der Waals surface area (Å²) < 4.78 is 0.663. The number of rotatable bonds is 4. The van der Waals surface area contributed by atoms with Crippen LogP contribution in [0, 0.1) is 10.1 Å². The zero-order valence-corrected chi connectivity index (χ0v) is 14.7. The van der Waals surface area contributed by atoms with Crippen LogP contribution < -0.4 is 4.90 Å². The molecule has 0 radical (unpaired) electrons. The van der Waals surface area contributed by atoms with Gasteiger partial charge in [0.2, 0.25) is 0 Å². The second-order valence-corrected chi connectivity index (χ2v) is 6.71. The van der Waals surface area contributed by atoms with E-state index in [4.69, 9.17) is 0 Å². The Morgan fingerprint density at radius 2 is 2.04 bits per heavy atom. The van der Waals surface area contributed by atoms with Crippen LogP contribution in [-0.2, 0) is 10.4 Å². The van der Waals surface area contributed by atoms with Crippen LogP contribution >= 0.6 is 15.9 Å². The molecular formula is C17H13BrN2O5. The molecule has 2 aromatic rings. The van der Waals surface area contributed by atoms with Crippen LogP contribution in [0.3, 0.4) is 0 Å². The number of anilines is 1. The molecule has 128 valence electrons. The smallest absolute Gasteiger partial charge is 0.270 e. The Kier molecular flexibility index (Phi) is 4.18. The number of nitro benzene ring substituents is 1. The van der Waals surface area contributed by atoms with Crippen molar-refractivity contribution in [1.29, 1.82) is 0 Å². The number of carbonyl (C=O) groups excluding carboxylic acids is 2. The maximum Gasteiger partial charge on any atom is 0.270 e. The number of non-ortho nitro benzene ring substituents is 1. The lowest BCUT2D eigenvalue weighted by atomic mass is 9.88. The summed E-state index contributed by atoms with van der Waals surface area (Å²) in [5.41, 5.74) is -1.32. The van der Waals surface area contributed by atoms with Crippen LogP contribution in [0.5, 0.6) is 0 Å². The van der Waals surface area contributed by atoms with Crippen LogP contribution in [-0.4, -0.2) is 28.8 Å². The number of Topliss-reactive ketones (excluding diaryl/α,β-unsaturated/α-hetero) is 1. The summed E-state index contributed by atoms with van der Waals surface area (Å²) in [6.45, 7) is 0. The van der Waals surface area contributed by atoms with Crippen molar-refractivity contribution in [3.05, 3.63) is 68.2 Å². The van der Waals surface area contributed by atoms with E-state index in [1.807, 2.05) is 0 Å². The van der Waals surface area contributed by atoms with E-state index >= 15 is 0 Å². The monoisotopic (exact) mass is 404 g/mol. The van der Waals surface area contributed by atoms with Gasteiger partial charge in [0.25, 0.3) is 11.6 Å². The maximum absolute atomic E-state index is 12.6. The Hall–Kier alpha value is -2.58. The maximum atomic E-state index is 12.6. The average Bonchev–Trinajstić information content (AvgIpc) is 2.76. The van der Waals surface area contributed by atoms with E-state index < -0.39 is 28.6 Å². The fourth-order valence-corrected chi connectivity index (χ4v) is 3.29. The van der Waals surface area contributed by atoms with Crippen molar-refractivity contribution in [3.8, 4) is 0 Å². The highest BCUT2D eigenvalue weighted by Crippen LogP contribution is 2.43. The standard InChI is InChI=1S/C17H13BrN2O5/c1-19-14-6-5-11(18)8-13(14)17(23,16(19)22)9-15(21)10-3-2-4-12(7-10)20(24)25/h2-8,23H,9H2,1H3/t17-/m1/s1. The molecule has 1 aliphatic heterocycles. The molecule has 25 heavy (non-hydrogen) atoms. The minimum absolute atomic E-state index is 0.0709. The molecule has 0 saturated heterocycles. The van der Waals surface area contributed by atoms with Gasteiger partial charge in [-0.2, -0.15) is 0 Å². The predicted octanol–water partition coefficient (Wildman–Crippen LogP) is 2.79. The first-order valence-electron chi connectivity index (χ1n) is 7.32. The summed E-state index contributed by atoms with van der Waals surface area (Å²) >= 11 is 3.29. The minimum atomic E-state index is -2.00. The van der Waals surface area contributed by atoms with Gasteiger partial charge in [-0.1, -0.05) is 28.1 Å². The van der Waals surface area contributed by atoms with Crippen molar-refractivity contribution in [2.75, 3.05) is 11.9 Å². The summed E-state index contributed by atoms with van der Waals surface area (Å²) in [6.07, 6.45) is -0.499. The summed E-state index contributed by atoms with van der Waals surface area (Å²) in [7, 11) is 1.52.